The summed E-state index contributed by atoms with van der Waals surface area (Å²) in [5.74, 6) is 0.969. The second-order valence-electron chi connectivity index (χ2n) is 4.14. The summed E-state index contributed by atoms with van der Waals surface area (Å²) in [6, 6.07) is 0.581. The third kappa shape index (κ3) is 2.61. The van der Waals surface area contributed by atoms with E-state index in [9.17, 15) is 4.79 Å². The summed E-state index contributed by atoms with van der Waals surface area (Å²) in [7, 11) is 1.48. The minimum absolute atomic E-state index is 0. The summed E-state index contributed by atoms with van der Waals surface area (Å²) in [5.41, 5.74) is 0. The Morgan fingerprint density at radius 1 is 1.36 bits per heavy atom. The van der Waals surface area contributed by atoms with Crippen LogP contribution in [0.25, 0.3) is 0 Å². The van der Waals surface area contributed by atoms with E-state index in [-0.39, 0.29) is 24.3 Å². The summed E-state index contributed by atoms with van der Waals surface area (Å²) in [4.78, 5) is 11.3. The highest BCUT2D eigenvalue weighted by molar-refractivity contribution is 5.85. The van der Waals surface area contributed by atoms with Crippen molar-refractivity contribution in [2.24, 2.45) is 11.8 Å². The molecule has 0 amide bonds. The van der Waals surface area contributed by atoms with Crippen LogP contribution < -0.4 is 5.32 Å². The lowest BCUT2D eigenvalue weighted by Crippen LogP contribution is -2.42. The Balaban J connectivity index is 0.000000980. The van der Waals surface area contributed by atoms with Gasteiger partial charge in [0.1, 0.15) is 0 Å². The lowest BCUT2D eigenvalue weighted by atomic mass is 9.90. The predicted octanol–water partition coefficient (Wildman–Crippen LogP) is 1.36. The monoisotopic (exact) mass is 219 g/mol. The van der Waals surface area contributed by atoms with Crippen LogP contribution in [0.2, 0.25) is 0 Å². The van der Waals surface area contributed by atoms with Crippen LogP contribution in [0, 0.1) is 11.8 Å². The molecule has 0 bridgehead atoms. The van der Waals surface area contributed by atoms with E-state index in [0.717, 1.165) is 25.3 Å². The van der Waals surface area contributed by atoms with Crippen molar-refractivity contribution in [1.82, 2.24) is 5.32 Å². The highest BCUT2D eigenvalue weighted by atomic mass is 35.5. The van der Waals surface area contributed by atoms with Crippen molar-refractivity contribution < 1.29 is 9.53 Å². The molecule has 0 aromatic carbocycles. The molecule has 82 valence electrons. The Kier molecular flexibility index (Phi) is 4.20. The fourth-order valence-electron chi connectivity index (χ4n) is 2.19. The van der Waals surface area contributed by atoms with Crippen LogP contribution >= 0.6 is 12.4 Å². The molecule has 1 heterocycles. The molecule has 2 aliphatic rings. The Morgan fingerprint density at radius 3 is 2.64 bits per heavy atom. The van der Waals surface area contributed by atoms with Crippen LogP contribution in [-0.4, -0.2) is 25.7 Å². The lowest BCUT2D eigenvalue weighted by molar-refractivity contribution is -0.146. The molecule has 14 heavy (non-hydrogen) atoms. The number of hydrogen-bond donors (Lipinski definition) is 1. The zero-order valence-electron chi connectivity index (χ0n) is 8.49. The minimum Gasteiger partial charge on any atom is -0.469 e. The first-order chi connectivity index (χ1) is 6.31. The molecular formula is C10H18ClNO2. The van der Waals surface area contributed by atoms with Gasteiger partial charge in [-0.2, -0.15) is 0 Å². The summed E-state index contributed by atoms with van der Waals surface area (Å²) in [5, 5.41) is 3.48. The maximum atomic E-state index is 11.3. The molecule has 0 spiro atoms. The number of halogens is 1. The normalized spacial score (nSPS) is 31.8. The molecule has 1 aliphatic heterocycles. The molecule has 3 nitrogen and oxygen atoms in total. The largest absolute Gasteiger partial charge is 0.469 e. The van der Waals surface area contributed by atoms with E-state index < -0.39 is 0 Å². The number of carbonyl (C=O) groups excluding carboxylic acids is 1. The van der Waals surface area contributed by atoms with E-state index >= 15 is 0 Å². The minimum atomic E-state index is -0.0212. The molecule has 1 N–H and O–H groups in total. The van der Waals surface area contributed by atoms with Gasteiger partial charge in [0, 0.05) is 6.04 Å². The van der Waals surface area contributed by atoms with Crippen molar-refractivity contribution in [2.75, 3.05) is 13.7 Å². The third-order valence-corrected chi connectivity index (χ3v) is 3.16. The number of rotatable bonds is 2. The number of hydrogen-bond acceptors (Lipinski definition) is 3. The Labute approximate surface area is 91.0 Å². The average Bonchev–Trinajstić information content (AvgIpc) is 3.00. The van der Waals surface area contributed by atoms with Crippen LogP contribution in [0.1, 0.15) is 25.7 Å². The van der Waals surface area contributed by atoms with E-state index in [1.54, 1.807) is 0 Å². The number of ether oxygens (including phenoxy) is 1. The van der Waals surface area contributed by atoms with Crippen LogP contribution in [0.4, 0.5) is 0 Å². The van der Waals surface area contributed by atoms with Gasteiger partial charge in [-0.05, 0) is 38.1 Å². The first-order valence-corrected chi connectivity index (χ1v) is 5.12. The lowest BCUT2D eigenvalue weighted by Gasteiger charge is -2.28. The molecule has 2 fully saturated rings. The van der Waals surface area contributed by atoms with Crippen LogP contribution in [0.5, 0.6) is 0 Å². The average molecular weight is 220 g/mol. The topological polar surface area (TPSA) is 38.3 Å². The molecular weight excluding hydrogens is 202 g/mol. The van der Waals surface area contributed by atoms with Crippen LogP contribution in [0.15, 0.2) is 0 Å². The molecule has 0 aromatic rings. The zero-order chi connectivity index (χ0) is 9.26. The maximum absolute atomic E-state index is 11.3. The SMILES string of the molecule is COC(=O)C1CCNC(C2CC2)C1.Cl. The number of nitrogens with one attached hydrogen (secondary N) is 1. The highest BCUT2D eigenvalue weighted by Gasteiger charge is 2.36. The molecule has 2 rings (SSSR count). The van der Waals surface area contributed by atoms with Crippen molar-refractivity contribution in [3.8, 4) is 0 Å². The Bertz CT molecular complexity index is 206. The number of carbonyl (C=O) groups is 1. The van der Waals surface area contributed by atoms with Crippen molar-refractivity contribution in [2.45, 2.75) is 31.7 Å². The number of methoxy groups -OCH3 is 1. The second kappa shape index (κ2) is 4.99. The molecule has 1 saturated heterocycles. The number of piperidine rings is 1. The molecule has 1 saturated carbocycles. The van der Waals surface area contributed by atoms with Crippen molar-refractivity contribution in [3.05, 3.63) is 0 Å². The molecule has 2 atom stereocenters. The van der Waals surface area contributed by atoms with Gasteiger partial charge >= 0.3 is 5.97 Å². The first-order valence-electron chi connectivity index (χ1n) is 5.12. The maximum Gasteiger partial charge on any atom is 0.308 e. The van der Waals surface area contributed by atoms with E-state index in [1.165, 1.54) is 20.0 Å². The Morgan fingerprint density at radius 2 is 2.07 bits per heavy atom. The van der Waals surface area contributed by atoms with Gasteiger partial charge in [-0.15, -0.1) is 12.4 Å². The Hall–Kier alpha value is -0.280. The molecule has 0 radical (unpaired) electrons. The number of esters is 1. The third-order valence-electron chi connectivity index (χ3n) is 3.16. The van der Waals surface area contributed by atoms with E-state index in [1.807, 2.05) is 0 Å². The fraction of sp³-hybridized carbons (Fsp3) is 0.900. The van der Waals surface area contributed by atoms with Crippen molar-refractivity contribution >= 4 is 18.4 Å². The van der Waals surface area contributed by atoms with Crippen molar-refractivity contribution in [1.29, 1.82) is 0 Å². The molecule has 2 unspecified atom stereocenters. The summed E-state index contributed by atoms with van der Waals surface area (Å²) < 4.78 is 4.77. The summed E-state index contributed by atoms with van der Waals surface area (Å²) in [6.07, 6.45) is 4.60. The van der Waals surface area contributed by atoms with Gasteiger partial charge in [-0.3, -0.25) is 4.79 Å². The van der Waals surface area contributed by atoms with Gasteiger partial charge in [0.05, 0.1) is 13.0 Å². The van der Waals surface area contributed by atoms with Crippen LogP contribution in [0.3, 0.4) is 0 Å². The highest BCUT2D eigenvalue weighted by Crippen LogP contribution is 2.37. The standard InChI is InChI=1S/C10H17NO2.ClH/c1-13-10(12)8-4-5-11-9(6-8)7-2-3-7;/h7-9,11H,2-6H2,1H3;1H. The van der Waals surface area contributed by atoms with Gasteiger partial charge in [0.2, 0.25) is 0 Å². The molecule has 1 aliphatic carbocycles. The van der Waals surface area contributed by atoms with Gasteiger partial charge in [-0.25, -0.2) is 0 Å². The quantitative estimate of drug-likeness (QED) is 0.713. The molecule has 0 aromatic heterocycles. The summed E-state index contributed by atoms with van der Waals surface area (Å²) >= 11 is 0. The van der Waals surface area contributed by atoms with Gasteiger partial charge in [0.15, 0.2) is 0 Å². The summed E-state index contributed by atoms with van der Waals surface area (Å²) in [6.45, 7) is 0.973. The first kappa shape index (κ1) is 11.8. The smallest absolute Gasteiger partial charge is 0.308 e. The fourth-order valence-corrected chi connectivity index (χ4v) is 2.19. The van der Waals surface area contributed by atoms with E-state index in [4.69, 9.17) is 4.74 Å². The van der Waals surface area contributed by atoms with Crippen molar-refractivity contribution in [3.63, 3.8) is 0 Å². The van der Waals surface area contributed by atoms with E-state index in [0.29, 0.717) is 6.04 Å². The van der Waals surface area contributed by atoms with Gasteiger partial charge in [-0.1, -0.05) is 0 Å². The predicted molar refractivity (Wildman–Crippen MR) is 56.5 cm³/mol. The molecule has 4 heteroatoms. The van der Waals surface area contributed by atoms with E-state index in [2.05, 4.69) is 5.32 Å². The zero-order valence-corrected chi connectivity index (χ0v) is 9.31. The van der Waals surface area contributed by atoms with Crippen LogP contribution in [-0.2, 0) is 9.53 Å². The van der Waals surface area contributed by atoms with Gasteiger partial charge < -0.3 is 10.1 Å². The second-order valence-corrected chi connectivity index (χ2v) is 4.14. The van der Waals surface area contributed by atoms with Gasteiger partial charge in [0.25, 0.3) is 0 Å².